The minimum Gasteiger partial charge on any atom is -0.481 e. The molecule has 1 heterocycles. The Bertz CT molecular complexity index is 671. The molecule has 0 radical (unpaired) electrons. The van der Waals surface area contributed by atoms with Gasteiger partial charge in [0.1, 0.15) is 0 Å². The number of rotatable bonds is 5. The van der Waals surface area contributed by atoms with Crippen molar-refractivity contribution in [3.63, 3.8) is 0 Å². The Hall–Kier alpha value is -1.76. The summed E-state index contributed by atoms with van der Waals surface area (Å²) in [5.41, 5.74) is 1.02. The minimum absolute atomic E-state index is 0.233. The minimum atomic E-state index is -0.895. The van der Waals surface area contributed by atoms with Crippen molar-refractivity contribution in [2.45, 2.75) is 33.7 Å². The number of carboxylic acids is 1. The fraction of sp³-hybridized carbons (Fsp3) is 0.429. The molecule has 0 aliphatic carbocycles. The molecule has 0 aliphatic heterocycles. The lowest BCUT2D eigenvalue weighted by molar-refractivity contribution is -0.149. The second kappa shape index (κ2) is 5.93. The summed E-state index contributed by atoms with van der Waals surface area (Å²) in [7, 11) is 0. The van der Waals surface area contributed by atoms with Gasteiger partial charge < -0.3 is 5.11 Å². The number of halogens is 1. The summed E-state index contributed by atoms with van der Waals surface area (Å²) < 4.78 is 2.54. The summed E-state index contributed by atoms with van der Waals surface area (Å²) >= 11 is 3.42. The number of hydrogen-bond donors (Lipinski definition) is 1. The highest BCUT2D eigenvalue weighted by Gasteiger charge is 2.33. The number of aryl methyl sites for hydroxylation is 1. The van der Waals surface area contributed by atoms with Crippen molar-refractivity contribution in [3.05, 3.63) is 28.2 Å². The molecule has 0 fully saturated rings. The zero-order valence-corrected chi connectivity index (χ0v) is 13.8. The van der Waals surface area contributed by atoms with Gasteiger partial charge in [0.2, 0.25) is 0 Å². The number of nitrogens with zero attached hydrogens (tertiary/aromatic N) is 4. The van der Waals surface area contributed by atoms with Gasteiger partial charge in [-0.1, -0.05) is 22.9 Å². The molecule has 0 amide bonds. The van der Waals surface area contributed by atoms with Gasteiger partial charge >= 0.3 is 5.97 Å². The topological polar surface area (TPSA) is 80.9 Å². The van der Waals surface area contributed by atoms with E-state index in [0.717, 1.165) is 15.6 Å². The van der Waals surface area contributed by atoms with Crippen LogP contribution in [0.1, 0.15) is 25.8 Å². The molecule has 0 saturated heterocycles. The first-order valence-corrected chi connectivity index (χ1v) is 7.43. The highest BCUT2D eigenvalue weighted by Crippen LogP contribution is 2.28. The van der Waals surface area contributed by atoms with Crippen molar-refractivity contribution in [2.75, 3.05) is 0 Å². The molecule has 0 saturated carbocycles. The van der Waals surface area contributed by atoms with Crippen LogP contribution in [0.25, 0.3) is 11.4 Å². The molecular formula is C14H17BrN4O2. The number of carboxylic acid groups (broad SMARTS) is 1. The molecule has 2 aromatic rings. The number of benzene rings is 1. The predicted octanol–water partition coefficient (Wildman–Crippen LogP) is 2.91. The van der Waals surface area contributed by atoms with Crippen LogP contribution in [0.2, 0.25) is 0 Å². The molecule has 1 N–H and O–H groups in total. The van der Waals surface area contributed by atoms with Gasteiger partial charge in [-0.2, -0.15) is 0 Å². The molecule has 1 unspecified atom stereocenters. The van der Waals surface area contributed by atoms with Crippen molar-refractivity contribution in [2.24, 2.45) is 5.41 Å². The third kappa shape index (κ3) is 3.12. The highest BCUT2D eigenvalue weighted by atomic mass is 79.9. The number of hydrogen-bond acceptors (Lipinski definition) is 4. The lowest BCUT2D eigenvalue weighted by Crippen LogP contribution is -2.32. The molecule has 0 aliphatic rings. The first-order chi connectivity index (χ1) is 9.87. The zero-order valence-electron chi connectivity index (χ0n) is 12.2. The smallest absolute Gasteiger partial charge is 0.311 e. The molecule has 2 rings (SSSR count). The van der Waals surface area contributed by atoms with Gasteiger partial charge in [-0.15, -0.1) is 5.10 Å². The average molecular weight is 353 g/mol. The Morgan fingerprint density at radius 2 is 2.19 bits per heavy atom. The van der Waals surface area contributed by atoms with E-state index < -0.39 is 11.4 Å². The first-order valence-electron chi connectivity index (χ1n) is 6.63. The van der Waals surface area contributed by atoms with Crippen LogP contribution in [0.3, 0.4) is 0 Å². The van der Waals surface area contributed by atoms with Gasteiger partial charge in [0.05, 0.1) is 12.0 Å². The van der Waals surface area contributed by atoms with Crippen LogP contribution < -0.4 is 0 Å². The van der Waals surface area contributed by atoms with Crippen LogP contribution in [0.15, 0.2) is 22.7 Å². The van der Waals surface area contributed by atoms with Crippen LogP contribution in [-0.4, -0.2) is 31.3 Å². The maximum atomic E-state index is 11.4. The number of aromatic nitrogens is 4. The van der Waals surface area contributed by atoms with Crippen molar-refractivity contribution in [3.8, 4) is 11.4 Å². The van der Waals surface area contributed by atoms with Gasteiger partial charge in [0.15, 0.2) is 5.82 Å². The van der Waals surface area contributed by atoms with E-state index in [-0.39, 0.29) is 6.54 Å². The molecule has 21 heavy (non-hydrogen) atoms. The summed E-state index contributed by atoms with van der Waals surface area (Å²) in [4.78, 5) is 11.4. The van der Waals surface area contributed by atoms with E-state index in [0.29, 0.717) is 12.2 Å². The van der Waals surface area contributed by atoms with Gasteiger partial charge in [-0.05, 0) is 54.5 Å². The number of carbonyl (C=O) groups is 1. The summed E-state index contributed by atoms with van der Waals surface area (Å²) in [6, 6.07) is 5.81. The Kier molecular flexibility index (Phi) is 4.41. The van der Waals surface area contributed by atoms with Gasteiger partial charge in [0.25, 0.3) is 0 Å². The normalized spacial score (nSPS) is 13.9. The molecule has 1 aromatic heterocycles. The average Bonchev–Trinajstić information content (AvgIpc) is 2.86. The lowest BCUT2D eigenvalue weighted by Gasteiger charge is -2.23. The van der Waals surface area contributed by atoms with E-state index >= 15 is 0 Å². The van der Waals surface area contributed by atoms with E-state index in [1.54, 1.807) is 11.6 Å². The quantitative estimate of drug-likeness (QED) is 0.894. The first kappa shape index (κ1) is 15.6. The standard InChI is InChI=1S/C14H17BrN4O2/c1-4-14(3,13(20)21)8-19-12(16-17-18-19)11-6-5-10(15)7-9(11)2/h5-7H,4,8H2,1-3H3,(H,20,21). The number of tetrazole rings is 1. The maximum absolute atomic E-state index is 11.4. The van der Waals surface area contributed by atoms with E-state index in [9.17, 15) is 9.90 Å². The molecule has 6 nitrogen and oxygen atoms in total. The Labute approximate surface area is 131 Å². The zero-order chi connectivity index (χ0) is 15.6. The summed E-state index contributed by atoms with van der Waals surface area (Å²) in [5.74, 6) is -0.264. The van der Waals surface area contributed by atoms with Crippen molar-refractivity contribution < 1.29 is 9.90 Å². The van der Waals surface area contributed by atoms with E-state index in [1.807, 2.05) is 32.0 Å². The van der Waals surface area contributed by atoms with Crippen LogP contribution in [0.4, 0.5) is 0 Å². The van der Waals surface area contributed by atoms with Gasteiger partial charge in [0, 0.05) is 10.0 Å². The van der Waals surface area contributed by atoms with Crippen molar-refractivity contribution in [1.82, 2.24) is 20.2 Å². The molecule has 1 atom stereocenters. The lowest BCUT2D eigenvalue weighted by atomic mass is 9.87. The number of aliphatic carboxylic acids is 1. The Balaban J connectivity index is 2.41. The Morgan fingerprint density at radius 3 is 2.76 bits per heavy atom. The second-order valence-corrected chi connectivity index (χ2v) is 6.25. The molecule has 0 spiro atoms. The predicted molar refractivity (Wildman–Crippen MR) is 81.7 cm³/mol. The third-order valence-corrected chi connectivity index (χ3v) is 4.25. The van der Waals surface area contributed by atoms with Crippen molar-refractivity contribution in [1.29, 1.82) is 0 Å². The summed E-state index contributed by atoms with van der Waals surface area (Å²) in [6.07, 6.45) is 0.501. The third-order valence-electron chi connectivity index (χ3n) is 3.76. The fourth-order valence-corrected chi connectivity index (χ4v) is 2.52. The van der Waals surface area contributed by atoms with Gasteiger partial charge in [-0.25, -0.2) is 4.68 Å². The Morgan fingerprint density at radius 1 is 1.48 bits per heavy atom. The maximum Gasteiger partial charge on any atom is 0.311 e. The molecule has 1 aromatic carbocycles. The van der Waals surface area contributed by atoms with E-state index in [2.05, 4.69) is 31.5 Å². The highest BCUT2D eigenvalue weighted by molar-refractivity contribution is 9.10. The van der Waals surface area contributed by atoms with Gasteiger partial charge in [-0.3, -0.25) is 4.79 Å². The SMILES string of the molecule is CCC(C)(Cn1nnnc1-c1ccc(Br)cc1C)C(=O)O. The largest absolute Gasteiger partial charge is 0.481 e. The van der Waals surface area contributed by atoms with E-state index in [4.69, 9.17) is 0 Å². The molecule has 112 valence electrons. The monoisotopic (exact) mass is 352 g/mol. The molecular weight excluding hydrogens is 336 g/mol. The van der Waals surface area contributed by atoms with Crippen molar-refractivity contribution >= 4 is 21.9 Å². The second-order valence-electron chi connectivity index (χ2n) is 5.34. The molecule has 7 heteroatoms. The van der Waals surface area contributed by atoms with E-state index in [1.165, 1.54) is 0 Å². The summed E-state index contributed by atoms with van der Waals surface area (Å²) in [6.45, 7) is 5.75. The van der Waals surface area contributed by atoms with Crippen LogP contribution in [-0.2, 0) is 11.3 Å². The fourth-order valence-electron chi connectivity index (χ4n) is 2.04. The summed E-state index contributed by atoms with van der Waals surface area (Å²) in [5, 5.41) is 21.1. The van der Waals surface area contributed by atoms with Crippen LogP contribution in [0, 0.1) is 12.3 Å². The van der Waals surface area contributed by atoms with Crippen LogP contribution >= 0.6 is 15.9 Å². The molecule has 0 bridgehead atoms. The van der Waals surface area contributed by atoms with Crippen LogP contribution in [0.5, 0.6) is 0 Å².